The lowest BCUT2D eigenvalue weighted by molar-refractivity contribution is -0.131. The van der Waals surface area contributed by atoms with E-state index in [1.54, 1.807) is 24.3 Å². The van der Waals surface area contributed by atoms with Gasteiger partial charge in [-0.25, -0.2) is 9.59 Å². The van der Waals surface area contributed by atoms with Gasteiger partial charge in [0.05, 0.1) is 0 Å². The summed E-state index contributed by atoms with van der Waals surface area (Å²) in [4.78, 5) is 23.3. The molecule has 0 bridgehead atoms. The highest BCUT2D eigenvalue weighted by Crippen LogP contribution is 2.17. The van der Waals surface area contributed by atoms with Crippen molar-refractivity contribution in [3.8, 4) is 11.5 Å². The van der Waals surface area contributed by atoms with Gasteiger partial charge in [0.15, 0.2) is 0 Å². The van der Waals surface area contributed by atoms with Gasteiger partial charge in [-0.1, -0.05) is 36.4 Å². The van der Waals surface area contributed by atoms with Gasteiger partial charge < -0.3 is 9.47 Å². The molecule has 4 heteroatoms. The summed E-state index contributed by atoms with van der Waals surface area (Å²) >= 11 is 0. The zero-order valence-corrected chi connectivity index (χ0v) is 12.4. The number of aryl methyl sites for hydroxylation is 2. The Kier molecular flexibility index (Phi) is 5.09. The molecule has 0 fully saturated rings. The van der Waals surface area contributed by atoms with Crippen LogP contribution in [0.4, 0.5) is 0 Å². The largest absolute Gasteiger partial charge is 0.423 e. The van der Waals surface area contributed by atoms with Crippen molar-refractivity contribution in [3.63, 3.8) is 0 Å². The van der Waals surface area contributed by atoms with Crippen LogP contribution in [-0.2, 0) is 9.59 Å². The molecule has 0 aliphatic heterocycles. The van der Waals surface area contributed by atoms with Gasteiger partial charge in [0.25, 0.3) is 0 Å². The highest BCUT2D eigenvalue weighted by atomic mass is 16.5. The Morgan fingerprint density at radius 3 is 1.45 bits per heavy atom. The third-order valence-electron chi connectivity index (χ3n) is 2.96. The number of benzene rings is 2. The first-order chi connectivity index (χ1) is 10.6. The van der Waals surface area contributed by atoms with Crippen molar-refractivity contribution in [2.24, 2.45) is 0 Å². The van der Waals surface area contributed by atoms with Gasteiger partial charge in [0.2, 0.25) is 0 Å². The maximum atomic E-state index is 11.7. The number of carbonyl (C=O) groups excluding carboxylic acids is 2. The lowest BCUT2D eigenvalue weighted by Gasteiger charge is -2.05. The average molecular weight is 296 g/mol. The third-order valence-corrected chi connectivity index (χ3v) is 2.96. The normalized spacial score (nSPS) is 10.5. The number of rotatable bonds is 4. The fourth-order valence-corrected chi connectivity index (χ4v) is 1.76. The lowest BCUT2D eigenvalue weighted by atomic mass is 10.2. The monoisotopic (exact) mass is 296 g/mol. The summed E-state index contributed by atoms with van der Waals surface area (Å²) in [5.74, 6) is -0.332. The second-order valence-corrected chi connectivity index (χ2v) is 4.71. The molecule has 112 valence electrons. The summed E-state index contributed by atoms with van der Waals surface area (Å²) in [7, 11) is 0. The quantitative estimate of drug-likeness (QED) is 0.493. The Hall–Kier alpha value is -2.88. The molecular weight excluding hydrogens is 280 g/mol. The number of hydrogen-bond donors (Lipinski definition) is 0. The summed E-state index contributed by atoms with van der Waals surface area (Å²) in [6.45, 7) is 3.66. The minimum atomic E-state index is -0.629. The second-order valence-electron chi connectivity index (χ2n) is 4.71. The molecule has 0 aliphatic rings. The fourth-order valence-electron chi connectivity index (χ4n) is 1.76. The SMILES string of the molecule is Cc1ccccc1OC(=O)/C=C/C(=O)Oc1ccccc1C. The molecule has 2 aromatic carbocycles. The summed E-state index contributed by atoms with van der Waals surface area (Å²) in [5, 5.41) is 0. The van der Waals surface area contributed by atoms with Gasteiger partial charge in [0.1, 0.15) is 11.5 Å². The number of hydrogen-bond acceptors (Lipinski definition) is 4. The zero-order chi connectivity index (χ0) is 15.9. The van der Waals surface area contributed by atoms with Crippen LogP contribution in [0.5, 0.6) is 11.5 Å². The van der Waals surface area contributed by atoms with Crippen molar-refractivity contribution in [1.29, 1.82) is 0 Å². The van der Waals surface area contributed by atoms with E-state index in [9.17, 15) is 9.59 Å². The molecule has 0 heterocycles. The van der Waals surface area contributed by atoms with Gasteiger partial charge in [0, 0.05) is 12.2 Å². The Bertz CT molecular complexity index is 655. The first kappa shape index (κ1) is 15.5. The molecule has 4 nitrogen and oxygen atoms in total. The molecule has 0 saturated heterocycles. The molecule has 0 unspecified atom stereocenters. The number of para-hydroxylation sites is 2. The number of carbonyl (C=O) groups is 2. The van der Waals surface area contributed by atoms with Crippen molar-refractivity contribution in [2.45, 2.75) is 13.8 Å². The Morgan fingerprint density at radius 1 is 0.727 bits per heavy atom. The van der Waals surface area contributed by atoms with Gasteiger partial charge in [-0.05, 0) is 37.1 Å². The topological polar surface area (TPSA) is 52.6 Å². The van der Waals surface area contributed by atoms with Gasteiger partial charge in [-0.2, -0.15) is 0 Å². The molecule has 0 amide bonds. The maximum Gasteiger partial charge on any atom is 0.336 e. The van der Waals surface area contributed by atoms with Crippen molar-refractivity contribution in [3.05, 3.63) is 71.8 Å². The van der Waals surface area contributed by atoms with E-state index in [1.807, 2.05) is 38.1 Å². The van der Waals surface area contributed by atoms with E-state index >= 15 is 0 Å². The number of esters is 2. The minimum Gasteiger partial charge on any atom is -0.423 e. The highest BCUT2D eigenvalue weighted by Gasteiger charge is 2.06. The fraction of sp³-hybridized carbons (Fsp3) is 0.111. The van der Waals surface area contributed by atoms with Crippen LogP contribution in [-0.4, -0.2) is 11.9 Å². The van der Waals surface area contributed by atoms with E-state index in [4.69, 9.17) is 9.47 Å². The summed E-state index contributed by atoms with van der Waals surface area (Å²) in [5.41, 5.74) is 1.68. The highest BCUT2D eigenvalue weighted by molar-refractivity contribution is 5.93. The van der Waals surface area contributed by atoms with Crippen LogP contribution in [0.15, 0.2) is 60.7 Å². The van der Waals surface area contributed by atoms with Crippen molar-refractivity contribution < 1.29 is 19.1 Å². The Labute approximate surface area is 129 Å². The van der Waals surface area contributed by atoms with Crippen LogP contribution in [0.1, 0.15) is 11.1 Å². The van der Waals surface area contributed by atoms with Crippen LogP contribution in [0.25, 0.3) is 0 Å². The molecule has 22 heavy (non-hydrogen) atoms. The van der Waals surface area contributed by atoms with E-state index < -0.39 is 11.9 Å². The molecule has 0 aromatic heterocycles. The predicted molar refractivity (Wildman–Crippen MR) is 82.8 cm³/mol. The molecule has 0 atom stereocenters. The Morgan fingerprint density at radius 2 is 1.09 bits per heavy atom. The first-order valence-corrected chi connectivity index (χ1v) is 6.79. The van der Waals surface area contributed by atoms with Crippen LogP contribution < -0.4 is 9.47 Å². The first-order valence-electron chi connectivity index (χ1n) is 6.79. The van der Waals surface area contributed by atoms with Crippen LogP contribution in [0.3, 0.4) is 0 Å². The number of ether oxygens (including phenoxy) is 2. The summed E-state index contributed by atoms with van der Waals surface area (Å²) < 4.78 is 10.3. The van der Waals surface area contributed by atoms with Crippen LogP contribution >= 0.6 is 0 Å². The molecule has 0 N–H and O–H groups in total. The van der Waals surface area contributed by atoms with E-state index in [0.717, 1.165) is 23.3 Å². The molecule has 0 radical (unpaired) electrons. The molecule has 0 spiro atoms. The molecule has 0 aliphatic carbocycles. The van der Waals surface area contributed by atoms with E-state index in [-0.39, 0.29) is 0 Å². The summed E-state index contributed by atoms with van der Waals surface area (Å²) in [6, 6.07) is 14.3. The standard InChI is InChI=1S/C18H16O4/c1-13-7-3-5-9-15(13)21-17(19)11-12-18(20)22-16-10-6-4-8-14(16)2/h3-12H,1-2H3/b12-11+. The molecule has 0 saturated carbocycles. The van der Waals surface area contributed by atoms with E-state index in [2.05, 4.69) is 0 Å². The van der Waals surface area contributed by atoms with Crippen LogP contribution in [0, 0.1) is 13.8 Å². The van der Waals surface area contributed by atoms with E-state index in [1.165, 1.54) is 0 Å². The zero-order valence-electron chi connectivity index (χ0n) is 12.4. The maximum absolute atomic E-state index is 11.7. The third kappa shape index (κ3) is 4.31. The predicted octanol–water partition coefficient (Wildman–Crippen LogP) is 3.37. The van der Waals surface area contributed by atoms with Gasteiger partial charge in [-0.3, -0.25) is 0 Å². The average Bonchev–Trinajstić information content (AvgIpc) is 2.50. The van der Waals surface area contributed by atoms with Crippen LogP contribution in [0.2, 0.25) is 0 Å². The molecule has 2 aromatic rings. The summed E-state index contributed by atoms with van der Waals surface area (Å²) in [6.07, 6.45) is 2.10. The van der Waals surface area contributed by atoms with Gasteiger partial charge in [-0.15, -0.1) is 0 Å². The molecule has 2 rings (SSSR count). The Balaban J connectivity index is 1.94. The van der Waals surface area contributed by atoms with Gasteiger partial charge >= 0.3 is 11.9 Å². The van der Waals surface area contributed by atoms with Crippen molar-refractivity contribution in [2.75, 3.05) is 0 Å². The second kappa shape index (κ2) is 7.22. The van der Waals surface area contributed by atoms with Crippen molar-refractivity contribution >= 4 is 11.9 Å². The minimum absolute atomic E-state index is 0.462. The smallest absolute Gasteiger partial charge is 0.336 e. The lowest BCUT2D eigenvalue weighted by Crippen LogP contribution is -2.09. The van der Waals surface area contributed by atoms with E-state index in [0.29, 0.717) is 11.5 Å². The molecular formula is C18H16O4. The van der Waals surface area contributed by atoms with Crippen molar-refractivity contribution in [1.82, 2.24) is 0 Å².